The number of nitrogens with zero attached hydrogens (tertiary/aromatic N) is 2. The van der Waals surface area contributed by atoms with E-state index in [-0.39, 0.29) is 23.8 Å². The van der Waals surface area contributed by atoms with Gasteiger partial charge < -0.3 is 0 Å². The highest BCUT2D eigenvalue weighted by atomic mass is 16.1. The third-order valence-electron chi connectivity index (χ3n) is 3.70. The molecular weight excluding hydrogens is 228 g/mol. The van der Waals surface area contributed by atoms with Crippen molar-refractivity contribution in [2.24, 2.45) is 5.92 Å². The van der Waals surface area contributed by atoms with Crippen LogP contribution in [0.25, 0.3) is 0 Å². The molecule has 0 aromatic carbocycles. The number of ketones is 1. The standard InChI is InChI=1S/C14H20N2O2/c1-10-8-14(18)16(11(2)15-10)9-13(17)12-6-4-3-5-7-12/h8,12H,3-7,9H2,1-2H3. The first kappa shape index (κ1) is 13.0. The zero-order valence-electron chi connectivity index (χ0n) is 11.1. The number of rotatable bonds is 3. The van der Waals surface area contributed by atoms with Gasteiger partial charge in [-0.25, -0.2) is 4.98 Å². The number of Topliss-reactive ketones (excluding diaryl/α,β-unsaturated/α-hetero) is 1. The average Bonchev–Trinajstić information content (AvgIpc) is 2.34. The fourth-order valence-corrected chi connectivity index (χ4v) is 2.67. The van der Waals surface area contributed by atoms with E-state index in [2.05, 4.69) is 4.98 Å². The van der Waals surface area contributed by atoms with E-state index < -0.39 is 0 Å². The molecule has 1 aromatic rings. The van der Waals surface area contributed by atoms with Crippen molar-refractivity contribution in [3.63, 3.8) is 0 Å². The summed E-state index contributed by atoms with van der Waals surface area (Å²) in [6.07, 6.45) is 5.46. The molecule has 0 amide bonds. The van der Waals surface area contributed by atoms with Crippen LogP contribution in [-0.4, -0.2) is 15.3 Å². The van der Waals surface area contributed by atoms with Gasteiger partial charge in [-0.3, -0.25) is 14.2 Å². The predicted molar refractivity (Wildman–Crippen MR) is 69.6 cm³/mol. The van der Waals surface area contributed by atoms with Crippen LogP contribution in [0.5, 0.6) is 0 Å². The van der Waals surface area contributed by atoms with Gasteiger partial charge in [0.2, 0.25) is 0 Å². The number of aryl methyl sites for hydroxylation is 2. The van der Waals surface area contributed by atoms with Crippen LogP contribution in [0, 0.1) is 19.8 Å². The smallest absolute Gasteiger partial charge is 0.254 e. The second kappa shape index (κ2) is 5.46. The number of carbonyl (C=O) groups is 1. The summed E-state index contributed by atoms with van der Waals surface area (Å²) in [5, 5.41) is 0. The summed E-state index contributed by atoms with van der Waals surface area (Å²) in [7, 11) is 0. The van der Waals surface area contributed by atoms with Gasteiger partial charge in [0, 0.05) is 17.7 Å². The van der Waals surface area contributed by atoms with E-state index >= 15 is 0 Å². The Morgan fingerprint density at radius 1 is 1.33 bits per heavy atom. The van der Waals surface area contributed by atoms with Gasteiger partial charge in [0.1, 0.15) is 5.82 Å². The molecule has 4 nitrogen and oxygen atoms in total. The molecule has 0 spiro atoms. The lowest BCUT2D eigenvalue weighted by molar-refractivity contribution is -0.124. The van der Waals surface area contributed by atoms with E-state index in [1.807, 2.05) is 0 Å². The Balaban J connectivity index is 2.14. The van der Waals surface area contributed by atoms with Gasteiger partial charge in [-0.05, 0) is 26.7 Å². The molecule has 1 aliphatic rings. The van der Waals surface area contributed by atoms with Crippen LogP contribution in [-0.2, 0) is 11.3 Å². The van der Waals surface area contributed by atoms with Crippen LogP contribution in [0.1, 0.15) is 43.6 Å². The highest BCUT2D eigenvalue weighted by Crippen LogP contribution is 2.24. The van der Waals surface area contributed by atoms with Crippen molar-refractivity contribution in [3.05, 3.63) is 27.9 Å². The first-order valence-electron chi connectivity index (χ1n) is 6.65. The van der Waals surface area contributed by atoms with E-state index in [0.29, 0.717) is 11.5 Å². The predicted octanol–water partition coefficient (Wildman–Crippen LogP) is 2.01. The quantitative estimate of drug-likeness (QED) is 0.822. The van der Waals surface area contributed by atoms with Crippen molar-refractivity contribution in [2.45, 2.75) is 52.5 Å². The third kappa shape index (κ3) is 2.86. The summed E-state index contributed by atoms with van der Waals surface area (Å²) in [5.41, 5.74) is 0.586. The number of hydrogen-bond acceptors (Lipinski definition) is 3. The van der Waals surface area contributed by atoms with Crippen LogP contribution in [0.4, 0.5) is 0 Å². The molecular formula is C14H20N2O2. The lowest BCUT2D eigenvalue weighted by Gasteiger charge is -2.21. The molecule has 1 aromatic heterocycles. The largest absolute Gasteiger partial charge is 0.297 e. The maximum absolute atomic E-state index is 12.2. The molecule has 0 atom stereocenters. The zero-order chi connectivity index (χ0) is 13.1. The average molecular weight is 248 g/mol. The molecule has 1 fully saturated rings. The van der Waals surface area contributed by atoms with E-state index in [1.165, 1.54) is 17.1 Å². The van der Waals surface area contributed by atoms with Crippen molar-refractivity contribution in [1.29, 1.82) is 0 Å². The summed E-state index contributed by atoms with van der Waals surface area (Å²) in [5.74, 6) is 0.959. The van der Waals surface area contributed by atoms with E-state index in [4.69, 9.17) is 0 Å². The summed E-state index contributed by atoms with van der Waals surface area (Å²) < 4.78 is 1.49. The molecule has 0 aliphatic heterocycles. The molecule has 2 rings (SSSR count). The third-order valence-corrected chi connectivity index (χ3v) is 3.70. The SMILES string of the molecule is Cc1cc(=O)n(CC(=O)C2CCCCC2)c(C)n1. The molecule has 0 unspecified atom stereocenters. The molecule has 4 heteroatoms. The summed E-state index contributed by atoms with van der Waals surface area (Å²) in [6.45, 7) is 3.76. The maximum atomic E-state index is 12.2. The van der Waals surface area contributed by atoms with Crippen molar-refractivity contribution < 1.29 is 4.79 Å². The second-order valence-electron chi connectivity index (χ2n) is 5.17. The highest BCUT2D eigenvalue weighted by Gasteiger charge is 2.21. The molecule has 0 N–H and O–H groups in total. The Kier molecular flexibility index (Phi) is 3.94. The molecule has 0 bridgehead atoms. The first-order chi connectivity index (χ1) is 8.58. The molecule has 1 aliphatic carbocycles. The van der Waals surface area contributed by atoms with E-state index in [1.54, 1.807) is 13.8 Å². The number of carbonyl (C=O) groups excluding carboxylic acids is 1. The van der Waals surface area contributed by atoms with Crippen LogP contribution >= 0.6 is 0 Å². The number of aromatic nitrogens is 2. The van der Waals surface area contributed by atoms with E-state index in [0.717, 1.165) is 25.7 Å². The molecule has 18 heavy (non-hydrogen) atoms. The lowest BCUT2D eigenvalue weighted by Crippen LogP contribution is -2.30. The maximum Gasteiger partial charge on any atom is 0.254 e. The van der Waals surface area contributed by atoms with Crippen LogP contribution in [0.15, 0.2) is 10.9 Å². The second-order valence-corrected chi connectivity index (χ2v) is 5.17. The summed E-state index contributed by atoms with van der Waals surface area (Å²) >= 11 is 0. The Bertz CT molecular complexity index is 499. The normalized spacial score (nSPS) is 16.8. The Morgan fingerprint density at radius 3 is 2.61 bits per heavy atom. The fraction of sp³-hybridized carbons (Fsp3) is 0.643. The topological polar surface area (TPSA) is 52.0 Å². The van der Waals surface area contributed by atoms with Gasteiger partial charge in [0.05, 0.1) is 6.54 Å². The Morgan fingerprint density at radius 2 is 2.00 bits per heavy atom. The highest BCUT2D eigenvalue weighted by molar-refractivity contribution is 5.80. The fourth-order valence-electron chi connectivity index (χ4n) is 2.67. The zero-order valence-corrected chi connectivity index (χ0v) is 11.1. The van der Waals surface area contributed by atoms with E-state index in [9.17, 15) is 9.59 Å². The number of hydrogen-bond donors (Lipinski definition) is 0. The minimum Gasteiger partial charge on any atom is -0.297 e. The van der Waals surface area contributed by atoms with Gasteiger partial charge >= 0.3 is 0 Å². The van der Waals surface area contributed by atoms with Crippen molar-refractivity contribution in [3.8, 4) is 0 Å². The molecule has 98 valence electrons. The van der Waals surface area contributed by atoms with Crippen molar-refractivity contribution in [2.75, 3.05) is 0 Å². The van der Waals surface area contributed by atoms with Gasteiger partial charge in [0.15, 0.2) is 5.78 Å². The van der Waals surface area contributed by atoms with Crippen molar-refractivity contribution >= 4 is 5.78 Å². The minimum absolute atomic E-state index is 0.121. The van der Waals surface area contributed by atoms with Crippen LogP contribution < -0.4 is 5.56 Å². The lowest BCUT2D eigenvalue weighted by atomic mass is 9.86. The van der Waals surface area contributed by atoms with Gasteiger partial charge in [-0.15, -0.1) is 0 Å². The van der Waals surface area contributed by atoms with Crippen LogP contribution in [0.2, 0.25) is 0 Å². The monoisotopic (exact) mass is 248 g/mol. The van der Waals surface area contributed by atoms with Gasteiger partial charge in [-0.1, -0.05) is 19.3 Å². The summed E-state index contributed by atoms with van der Waals surface area (Å²) in [6, 6.07) is 1.49. The van der Waals surface area contributed by atoms with Crippen molar-refractivity contribution in [1.82, 2.24) is 9.55 Å². The molecule has 0 saturated heterocycles. The minimum atomic E-state index is -0.121. The first-order valence-corrected chi connectivity index (χ1v) is 6.65. The molecule has 0 radical (unpaired) electrons. The van der Waals surface area contributed by atoms with Crippen LogP contribution in [0.3, 0.4) is 0 Å². The Hall–Kier alpha value is -1.45. The van der Waals surface area contributed by atoms with Gasteiger partial charge in [-0.2, -0.15) is 0 Å². The molecule has 1 heterocycles. The summed E-state index contributed by atoms with van der Waals surface area (Å²) in [4.78, 5) is 28.3. The Labute approximate surface area is 107 Å². The molecule has 1 saturated carbocycles. The van der Waals surface area contributed by atoms with Gasteiger partial charge in [0.25, 0.3) is 5.56 Å².